The van der Waals surface area contributed by atoms with Crippen molar-refractivity contribution in [3.8, 4) is 0 Å². The normalized spacial score (nSPS) is 18.7. The van der Waals surface area contributed by atoms with Crippen LogP contribution in [0.4, 0.5) is 0 Å². The van der Waals surface area contributed by atoms with E-state index in [9.17, 15) is 14.7 Å². The third kappa shape index (κ3) is 8.51. The quantitative estimate of drug-likeness (QED) is 0.0685. The highest BCUT2D eigenvalue weighted by molar-refractivity contribution is 5.84. The zero-order valence-electron chi connectivity index (χ0n) is 24.1. The standard InChI is InChI=1S/C32H42N6O4/c1-2-42-31(41)27(23-10-4-3-5-11-23)21-38-18-16-26(37-28(30(38)40)13-8-17-35-32(33)34)20-36-29(39)25-15-14-22-9-6-7-12-24(22)19-25/h3-7,9-12,14-15,19,26-29,36-37,39H,2,8,13,16-18,20-21H2,1H3,(H4,33,34,35)/t26-,27?,28-,29?/m0/s1. The van der Waals surface area contributed by atoms with Gasteiger partial charge >= 0.3 is 5.97 Å². The summed E-state index contributed by atoms with van der Waals surface area (Å²) >= 11 is 0. The van der Waals surface area contributed by atoms with Crippen molar-refractivity contribution in [2.45, 2.75) is 50.4 Å². The van der Waals surface area contributed by atoms with Crippen LogP contribution in [0, 0.1) is 0 Å². The molecule has 224 valence electrons. The van der Waals surface area contributed by atoms with Gasteiger partial charge in [-0.3, -0.25) is 19.9 Å². The van der Waals surface area contributed by atoms with E-state index in [2.05, 4.69) is 15.6 Å². The Balaban J connectivity index is 1.47. The number of carbonyl (C=O) groups is 2. The smallest absolute Gasteiger partial charge is 0.315 e. The van der Waals surface area contributed by atoms with Crippen molar-refractivity contribution in [1.82, 2.24) is 15.5 Å². The van der Waals surface area contributed by atoms with E-state index in [4.69, 9.17) is 16.2 Å². The molecule has 0 aliphatic carbocycles. The minimum absolute atomic E-state index is 0.0154. The van der Waals surface area contributed by atoms with Gasteiger partial charge in [0.1, 0.15) is 6.23 Å². The Morgan fingerprint density at radius 1 is 1.10 bits per heavy atom. The number of benzene rings is 3. The van der Waals surface area contributed by atoms with Gasteiger partial charge in [0.05, 0.1) is 18.6 Å². The predicted molar refractivity (Wildman–Crippen MR) is 165 cm³/mol. The Bertz CT molecular complexity index is 1350. The highest BCUT2D eigenvalue weighted by atomic mass is 16.5. The first-order valence-electron chi connectivity index (χ1n) is 14.6. The molecular formula is C32H42N6O4. The van der Waals surface area contributed by atoms with Crippen LogP contribution in [0.1, 0.15) is 49.5 Å². The molecule has 10 nitrogen and oxygen atoms in total. The van der Waals surface area contributed by atoms with Gasteiger partial charge in [0, 0.05) is 32.2 Å². The van der Waals surface area contributed by atoms with Gasteiger partial charge in [0.25, 0.3) is 0 Å². The maximum atomic E-state index is 13.8. The number of aliphatic imine (C=N–C) groups is 1. The Labute approximate surface area is 247 Å². The van der Waals surface area contributed by atoms with Gasteiger partial charge in [0.15, 0.2) is 5.96 Å². The fraction of sp³-hybridized carbons (Fsp3) is 0.406. The van der Waals surface area contributed by atoms with Crippen molar-refractivity contribution < 1.29 is 19.4 Å². The van der Waals surface area contributed by atoms with Crippen LogP contribution in [0.5, 0.6) is 0 Å². The summed E-state index contributed by atoms with van der Waals surface area (Å²) in [6, 6.07) is 22.7. The van der Waals surface area contributed by atoms with E-state index in [0.717, 1.165) is 21.9 Å². The van der Waals surface area contributed by atoms with E-state index in [0.29, 0.717) is 38.9 Å². The van der Waals surface area contributed by atoms with Gasteiger partial charge in [0.2, 0.25) is 5.91 Å². The minimum Gasteiger partial charge on any atom is -0.465 e. The van der Waals surface area contributed by atoms with Gasteiger partial charge in [-0.05, 0) is 54.2 Å². The third-order valence-corrected chi connectivity index (χ3v) is 7.56. The number of ether oxygens (including phenoxy) is 1. The monoisotopic (exact) mass is 574 g/mol. The molecule has 4 rings (SSSR count). The van der Waals surface area contributed by atoms with E-state index in [1.54, 1.807) is 11.8 Å². The van der Waals surface area contributed by atoms with Crippen LogP contribution in [0.3, 0.4) is 0 Å². The molecule has 0 aromatic heterocycles. The second-order valence-corrected chi connectivity index (χ2v) is 10.6. The lowest BCUT2D eigenvalue weighted by Gasteiger charge is -2.28. The molecule has 4 atom stereocenters. The van der Waals surface area contributed by atoms with E-state index in [-0.39, 0.29) is 37.0 Å². The number of amides is 1. The van der Waals surface area contributed by atoms with Crippen molar-refractivity contribution in [2.24, 2.45) is 16.5 Å². The van der Waals surface area contributed by atoms with Gasteiger partial charge in [-0.25, -0.2) is 0 Å². The molecular weight excluding hydrogens is 532 g/mol. The van der Waals surface area contributed by atoms with Crippen molar-refractivity contribution in [2.75, 3.05) is 32.8 Å². The summed E-state index contributed by atoms with van der Waals surface area (Å²) in [6.45, 7) is 3.56. The highest BCUT2D eigenvalue weighted by Crippen LogP contribution is 2.23. The van der Waals surface area contributed by atoms with E-state index >= 15 is 0 Å². The van der Waals surface area contributed by atoms with Gasteiger partial charge in [-0.1, -0.05) is 66.7 Å². The predicted octanol–water partition coefficient (Wildman–Crippen LogP) is 2.38. The number of aliphatic hydroxyl groups is 1. The van der Waals surface area contributed by atoms with Gasteiger partial charge in [-0.15, -0.1) is 0 Å². The number of esters is 1. The fourth-order valence-corrected chi connectivity index (χ4v) is 5.35. The van der Waals surface area contributed by atoms with Crippen LogP contribution in [-0.4, -0.2) is 72.7 Å². The Hall–Kier alpha value is -3.99. The average molecular weight is 575 g/mol. The SMILES string of the molecule is CCOC(=O)C(CN1CC[C@@H](CNC(O)c2ccc3ccccc3c2)N[C@@H](CCCN=C(N)N)C1=O)c1ccccc1. The number of guanidine groups is 1. The molecule has 10 heteroatoms. The zero-order chi connectivity index (χ0) is 29.9. The second kappa shape index (κ2) is 15.3. The third-order valence-electron chi connectivity index (χ3n) is 7.56. The molecule has 7 N–H and O–H groups in total. The van der Waals surface area contributed by atoms with Crippen LogP contribution in [0.2, 0.25) is 0 Å². The molecule has 1 heterocycles. The van der Waals surface area contributed by atoms with E-state index in [1.165, 1.54) is 0 Å². The lowest BCUT2D eigenvalue weighted by molar-refractivity contribution is -0.146. The summed E-state index contributed by atoms with van der Waals surface area (Å²) < 4.78 is 5.38. The summed E-state index contributed by atoms with van der Waals surface area (Å²) in [5.41, 5.74) is 12.5. The van der Waals surface area contributed by atoms with E-state index < -0.39 is 18.2 Å². The molecule has 3 aromatic rings. The van der Waals surface area contributed by atoms with Crippen LogP contribution < -0.4 is 22.1 Å². The molecule has 3 aromatic carbocycles. The number of fused-ring (bicyclic) bond motifs is 1. The minimum atomic E-state index is -0.863. The maximum absolute atomic E-state index is 13.8. The topological polar surface area (TPSA) is 155 Å². The van der Waals surface area contributed by atoms with E-state index in [1.807, 2.05) is 72.8 Å². The molecule has 0 radical (unpaired) electrons. The number of nitrogens with zero attached hydrogens (tertiary/aromatic N) is 2. The van der Waals surface area contributed by atoms with Crippen molar-refractivity contribution in [1.29, 1.82) is 0 Å². The second-order valence-electron chi connectivity index (χ2n) is 10.6. The largest absolute Gasteiger partial charge is 0.465 e. The first kappa shape index (κ1) is 31.0. The average Bonchev–Trinajstić information content (AvgIpc) is 3.14. The summed E-state index contributed by atoms with van der Waals surface area (Å²) in [6.07, 6.45) is 0.899. The van der Waals surface area contributed by atoms with Crippen LogP contribution in [0.25, 0.3) is 10.8 Å². The number of nitrogens with two attached hydrogens (primary N) is 2. The number of rotatable bonds is 13. The van der Waals surface area contributed by atoms with Crippen molar-refractivity contribution in [3.05, 3.63) is 83.9 Å². The summed E-state index contributed by atoms with van der Waals surface area (Å²) in [5, 5.41) is 19.8. The number of carbonyl (C=O) groups excluding carboxylic acids is 2. The van der Waals surface area contributed by atoms with Gasteiger partial charge < -0.3 is 31.5 Å². The number of hydrogen-bond donors (Lipinski definition) is 5. The Morgan fingerprint density at radius 3 is 2.57 bits per heavy atom. The number of hydrogen-bond acceptors (Lipinski definition) is 7. The molecule has 0 spiro atoms. The van der Waals surface area contributed by atoms with Crippen LogP contribution in [-0.2, 0) is 14.3 Å². The molecule has 1 saturated heterocycles. The first-order valence-corrected chi connectivity index (χ1v) is 14.6. The summed E-state index contributed by atoms with van der Waals surface area (Å²) in [4.78, 5) is 32.6. The van der Waals surface area contributed by atoms with Gasteiger partial charge in [-0.2, -0.15) is 0 Å². The van der Waals surface area contributed by atoms with Crippen LogP contribution >= 0.6 is 0 Å². The summed E-state index contributed by atoms with van der Waals surface area (Å²) in [7, 11) is 0. The maximum Gasteiger partial charge on any atom is 0.315 e. The molecule has 1 amide bonds. The summed E-state index contributed by atoms with van der Waals surface area (Å²) in [5.74, 6) is -1.01. The van der Waals surface area contributed by atoms with Crippen molar-refractivity contribution >= 4 is 28.6 Å². The molecule has 0 saturated carbocycles. The lowest BCUT2D eigenvalue weighted by atomic mass is 9.98. The Morgan fingerprint density at radius 2 is 1.83 bits per heavy atom. The Kier molecular flexibility index (Phi) is 11.3. The lowest BCUT2D eigenvalue weighted by Crippen LogP contribution is -2.49. The molecule has 42 heavy (non-hydrogen) atoms. The first-order chi connectivity index (χ1) is 20.4. The molecule has 1 fully saturated rings. The molecule has 1 aliphatic rings. The molecule has 2 unspecified atom stereocenters. The van der Waals surface area contributed by atoms with Crippen LogP contribution in [0.15, 0.2) is 77.8 Å². The molecule has 1 aliphatic heterocycles. The molecule has 0 bridgehead atoms. The zero-order valence-corrected chi connectivity index (χ0v) is 24.1. The number of aliphatic hydroxyl groups excluding tert-OH is 1. The highest BCUT2D eigenvalue weighted by Gasteiger charge is 2.34. The fourth-order valence-electron chi connectivity index (χ4n) is 5.35. The number of nitrogens with one attached hydrogen (secondary N) is 2. The van der Waals surface area contributed by atoms with Crippen molar-refractivity contribution in [3.63, 3.8) is 0 Å².